The summed E-state index contributed by atoms with van der Waals surface area (Å²) in [6.45, 7) is 3.96. The van der Waals surface area contributed by atoms with Gasteiger partial charge in [-0.1, -0.05) is 0 Å². The summed E-state index contributed by atoms with van der Waals surface area (Å²) < 4.78 is 16.7. The lowest BCUT2D eigenvalue weighted by Gasteiger charge is -2.26. The van der Waals surface area contributed by atoms with Crippen LogP contribution in [-0.4, -0.2) is 36.7 Å². The van der Waals surface area contributed by atoms with Gasteiger partial charge in [-0.3, -0.25) is 9.59 Å². The molecule has 1 amide bonds. The average Bonchev–Trinajstić information content (AvgIpc) is 2.84. The van der Waals surface area contributed by atoms with E-state index < -0.39 is 17.7 Å². The van der Waals surface area contributed by atoms with Gasteiger partial charge in [0.2, 0.25) is 0 Å². The second-order valence-electron chi connectivity index (χ2n) is 8.93. The molecule has 8 heteroatoms. The second-order valence-corrected chi connectivity index (χ2v) is 8.93. The van der Waals surface area contributed by atoms with Crippen LogP contribution in [0.1, 0.15) is 38.2 Å². The van der Waals surface area contributed by atoms with E-state index in [1.807, 2.05) is 12.1 Å². The maximum Gasteiger partial charge on any atom is 0.344 e. The van der Waals surface area contributed by atoms with Crippen molar-refractivity contribution in [2.75, 3.05) is 13.7 Å². The fraction of sp³-hybridized carbons (Fsp3) is 0.423. The summed E-state index contributed by atoms with van der Waals surface area (Å²) in [5, 5.41) is 14.0. The molecule has 1 aliphatic rings. The van der Waals surface area contributed by atoms with Crippen LogP contribution in [-0.2, 0) is 9.59 Å². The Kier molecular flexibility index (Phi) is 6.77. The minimum absolute atomic E-state index is 0.244. The van der Waals surface area contributed by atoms with Gasteiger partial charge < -0.3 is 24.3 Å². The molecule has 1 atom stereocenters. The summed E-state index contributed by atoms with van der Waals surface area (Å²) >= 11 is 0. The lowest BCUT2D eigenvalue weighted by Crippen LogP contribution is -2.39. The molecule has 0 radical (unpaired) electrons. The first kappa shape index (κ1) is 23.6. The third-order valence-corrected chi connectivity index (χ3v) is 6.72. The Morgan fingerprint density at radius 3 is 2.50 bits per heavy atom. The SMILES string of the molecule is COc1ccc2c(c1)c(=O)oc1c(C)c(O[C@@H](C)C(=O)NCC3CCC(C(=O)O)CC3)ccc12. The molecule has 2 N–H and O–H groups in total. The van der Waals surface area contributed by atoms with Crippen LogP contribution in [0.4, 0.5) is 0 Å². The van der Waals surface area contributed by atoms with Gasteiger partial charge in [0.15, 0.2) is 6.10 Å². The van der Waals surface area contributed by atoms with E-state index in [2.05, 4.69) is 5.32 Å². The van der Waals surface area contributed by atoms with Crippen molar-refractivity contribution in [2.24, 2.45) is 11.8 Å². The van der Waals surface area contributed by atoms with Gasteiger partial charge in [0.1, 0.15) is 17.1 Å². The van der Waals surface area contributed by atoms with Crippen molar-refractivity contribution in [1.82, 2.24) is 5.32 Å². The number of hydrogen-bond acceptors (Lipinski definition) is 6. The minimum Gasteiger partial charge on any atom is -0.497 e. The molecule has 2 aromatic carbocycles. The number of carbonyl (C=O) groups is 2. The molecule has 0 saturated heterocycles. The molecule has 180 valence electrons. The number of carboxylic acids is 1. The number of benzene rings is 2. The van der Waals surface area contributed by atoms with Crippen LogP contribution < -0.4 is 20.4 Å². The highest BCUT2D eigenvalue weighted by molar-refractivity contribution is 6.06. The quantitative estimate of drug-likeness (QED) is 0.398. The van der Waals surface area contributed by atoms with Crippen LogP contribution in [0.5, 0.6) is 11.5 Å². The van der Waals surface area contributed by atoms with Crippen molar-refractivity contribution in [3.63, 3.8) is 0 Å². The smallest absolute Gasteiger partial charge is 0.344 e. The Morgan fingerprint density at radius 1 is 1.12 bits per heavy atom. The van der Waals surface area contributed by atoms with Crippen LogP contribution >= 0.6 is 0 Å². The van der Waals surface area contributed by atoms with Crippen molar-refractivity contribution < 1.29 is 28.6 Å². The topological polar surface area (TPSA) is 115 Å². The number of nitrogens with one attached hydrogen (secondary N) is 1. The van der Waals surface area contributed by atoms with Gasteiger partial charge in [-0.25, -0.2) is 4.79 Å². The minimum atomic E-state index is -0.747. The fourth-order valence-corrected chi connectivity index (χ4v) is 4.59. The molecule has 4 rings (SSSR count). The third-order valence-electron chi connectivity index (χ3n) is 6.72. The highest BCUT2D eigenvalue weighted by atomic mass is 16.5. The molecule has 0 spiro atoms. The number of carboxylic acid groups (broad SMARTS) is 1. The van der Waals surface area contributed by atoms with Crippen LogP contribution in [0.15, 0.2) is 39.5 Å². The van der Waals surface area contributed by atoms with E-state index in [-0.39, 0.29) is 17.7 Å². The lowest BCUT2D eigenvalue weighted by atomic mass is 9.82. The zero-order valence-corrected chi connectivity index (χ0v) is 19.6. The van der Waals surface area contributed by atoms with Crippen LogP contribution in [0.2, 0.25) is 0 Å². The van der Waals surface area contributed by atoms with Crippen LogP contribution in [0.25, 0.3) is 21.7 Å². The van der Waals surface area contributed by atoms with Gasteiger partial charge in [0.25, 0.3) is 5.91 Å². The van der Waals surface area contributed by atoms with E-state index in [1.165, 1.54) is 0 Å². The number of amides is 1. The van der Waals surface area contributed by atoms with Crippen molar-refractivity contribution in [2.45, 2.75) is 45.6 Å². The van der Waals surface area contributed by atoms with Crippen molar-refractivity contribution >= 4 is 33.6 Å². The van der Waals surface area contributed by atoms with Crippen LogP contribution in [0.3, 0.4) is 0 Å². The van der Waals surface area contributed by atoms with Gasteiger partial charge >= 0.3 is 11.6 Å². The zero-order chi connectivity index (χ0) is 24.4. The molecule has 1 saturated carbocycles. The van der Waals surface area contributed by atoms with E-state index in [4.69, 9.17) is 19.0 Å². The van der Waals surface area contributed by atoms with Gasteiger partial charge in [0, 0.05) is 22.9 Å². The van der Waals surface area contributed by atoms with E-state index in [9.17, 15) is 14.4 Å². The Hall–Kier alpha value is -3.55. The van der Waals surface area contributed by atoms with Gasteiger partial charge in [-0.05, 0) is 75.8 Å². The third kappa shape index (κ3) is 4.71. The molecule has 8 nitrogen and oxygen atoms in total. The van der Waals surface area contributed by atoms with Crippen molar-refractivity contribution in [3.05, 3.63) is 46.3 Å². The first-order valence-corrected chi connectivity index (χ1v) is 11.5. The molecular formula is C26H29NO7. The summed E-state index contributed by atoms with van der Waals surface area (Å²) in [5.41, 5.74) is 0.590. The highest BCUT2D eigenvalue weighted by Gasteiger charge is 2.27. The largest absolute Gasteiger partial charge is 0.497 e. The molecule has 1 fully saturated rings. The standard InChI is InChI=1S/C26H29NO7/c1-14-22(33-15(2)24(28)27-13-16-4-6-17(7-5-16)25(29)30)11-10-20-19-9-8-18(32-3)12-21(19)26(31)34-23(14)20/h8-12,15-17H,4-7,13H2,1-3H3,(H,27,28)(H,29,30)/t15-,16?,17?/m0/s1. The number of fused-ring (bicyclic) bond motifs is 3. The predicted molar refractivity (Wildman–Crippen MR) is 127 cm³/mol. The Labute approximate surface area is 196 Å². The Morgan fingerprint density at radius 2 is 1.82 bits per heavy atom. The highest BCUT2D eigenvalue weighted by Crippen LogP contribution is 2.33. The zero-order valence-electron chi connectivity index (χ0n) is 19.6. The molecule has 0 bridgehead atoms. The molecular weight excluding hydrogens is 438 g/mol. The summed E-state index contributed by atoms with van der Waals surface area (Å²) in [6, 6.07) is 8.87. The molecule has 0 aliphatic heterocycles. The Balaban J connectivity index is 1.46. The summed E-state index contributed by atoms with van der Waals surface area (Å²) in [6.07, 6.45) is 2.11. The normalized spacial score (nSPS) is 19.0. The average molecular weight is 468 g/mol. The van der Waals surface area contributed by atoms with Gasteiger partial charge in [-0.15, -0.1) is 0 Å². The monoisotopic (exact) mass is 467 g/mol. The van der Waals surface area contributed by atoms with Gasteiger partial charge in [0.05, 0.1) is 18.4 Å². The summed E-state index contributed by atoms with van der Waals surface area (Å²) in [7, 11) is 1.54. The number of aliphatic carboxylic acids is 1. The fourth-order valence-electron chi connectivity index (χ4n) is 4.59. The van der Waals surface area contributed by atoms with Crippen molar-refractivity contribution in [3.8, 4) is 11.5 Å². The lowest BCUT2D eigenvalue weighted by molar-refractivity contribution is -0.143. The molecule has 34 heavy (non-hydrogen) atoms. The number of ether oxygens (including phenoxy) is 2. The first-order chi connectivity index (χ1) is 16.3. The summed E-state index contributed by atoms with van der Waals surface area (Å²) in [4.78, 5) is 36.3. The second kappa shape index (κ2) is 9.75. The maximum absolute atomic E-state index is 12.6. The summed E-state index contributed by atoms with van der Waals surface area (Å²) in [5.74, 6) is 0.0593. The molecule has 3 aromatic rings. The van der Waals surface area contributed by atoms with Crippen LogP contribution in [0, 0.1) is 18.8 Å². The van der Waals surface area contributed by atoms with Crippen molar-refractivity contribution in [1.29, 1.82) is 0 Å². The van der Waals surface area contributed by atoms with E-state index in [0.29, 0.717) is 47.4 Å². The number of carbonyl (C=O) groups excluding carboxylic acids is 1. The molecule has 1 heterocycles. The number of aryl methyl sites for hydroxylation is 1. The first-order valence-electron chi connectivity index (χ1n) is 11.5. The number of hydrogen-bond donors (Lipinski definition) is 2. The maximum atomic E-state index is 12.6. The number of methoxy groups -OCH3 is 1. The van der Waals surface area contributed by atoms with E-state index >= 15 is 0 Å². The molecule has 1 aliphatic carbocycles. The van der Waals surface area contributed by atoms with E-state index in [1.54, 1.807) is 39.2 Å². The predicted octanol–water partition coefficient (Wildman–Crippen LogP) is 4.04. The molecule has 0 unspecified atom stereocenters. The van der Waals surface area contributed by atoms with Gasteiger partial charge in [-0.2, -0.15) is 0 Å². The Bertz CT molecular complexity index is 1290. The molecule has 1 aromatic heterocycles. The number of rotatable bonds is 7. The van der Waals surface area contributed by atoms with E-state index in [0.717, 1.165) is 23.6 Å².